The number of urea groups is 1. The van der Waals surface area contributed by atoms with E-state index in [9.17, 15) is 4.79 Å². The highest BCUT2D eigenvalue weighted by molar-refractivity contribution is 5.90. The Morgan fingerprint density at radius 3 is 2.83 bits per heavy atom. The van der Waals surface area contributed by atoms with Crippen molar-refractivity contribution in [3.8, 4) is 11.8 Å². The number of ether oxygens (including phenoxy) is 1. The van der Waals surface area contributed by atoms with Crippen molar-refractivity contribution in [2.45, 2.75) is 6.92 Å². The number of nitrogens with zero attached hydrogens (tertiary/aromatic N) is 2. The van der Waals surface area contributed by atoms with E-state index in [1.54, 1.807) is 33.2 Å². The van der Waals surface area contributed by atoms with E-state index in [-0.39, 0.29) is 11.9 Å². The molecule has 18 heavy (non-hydrogen) atoms. The summed E-state index contributed by atoms with van der Waals surface area (Å²) < 4.78 is 5.14. The van der Waals surface area contributed by atoms with E-state index >= 15 is 0 Å². The molecule has 0 bridgehead atoms. The fraction of sp³-hybridized carbons (Fsp3) is 0.385. The predicted octanol–water partition coefficient (Wildman–Crippen LogP) is 2.32. The van der Waals surface area contributed by atoms with E-state index < -0.39 is 0 Å². The van der Waals surface area contributed by atoms with Gasteiger partial charge in [0, 0.05) is 13.6 Å². The second-order valence-corrected chi connectivity index (χ2v) is 4.04. The Morgan fingerprint density at radius 1 is 1.56 bits per heavy atom. The van der Waals surface area contributed by atoms with Gasteiger partial charge in [-0.05, 0) is 19.1 Å². The molecule has 5 nitrogen and oxygen atoms in total. The number of rotatable bonds is 4. The molecule has 96 valence electrons. The zero-order valence-electron chi connectivity index (χ0n) is 10.8. The summed E-state index contributed by atoms with van der Waals surface area (Å²) >= 11 is 0. The number of hydrogen-bond acceptors (Lipinski definition) is 3. The molecule has 0 aromatic heterocycles. The molecule has 0 radical (unpaired) electrons. The normalized spacial score (nSPS) is 11.2. The average Bonchev–Trinajstić information content (AvgIpc) is 2.39. The molecular weight excluding hydrogens is 230 g/mol. The molecule has 1 atom stereocenters. The minimum atomic E-state index is -0.262. The number of carbonyl (C=O) groups is 1. The summed E-state index contributed by atoms with van der Waals surface area (Å²) in [5, 5.41) is 11.5. The second kappa shape index (κ2) is 6.50. The number of nitriles is 1. The van der Waals surface area contributed by atoms with Crippen LogP contribution in [0.15, 0.2) is 24.3 Å². The van der Waals surface area contributed by atoms with Gasteiger partial charge in [0.2, 0.25) is 0 Å². The zero-order valence-corrected chi connectivity index (χ0v) is 10.8. The molecule has 2 amide bonds. The number of nitrogens with one attached hydrogen (secondary N) is 1. The minimum absolute atomic E-state index is 0.196. The summed E-state index contributed by atoms with van der Waals surface area (Å²) in [6.45, 7) is 2.16. The lowest BCUT2D eigenvalue weighted by atomic mass is 10.2. The standard InChI is InChI=1S/C13H17N3O2/c1-10(8-14)9-16(2)13(17)15-11-6-4-5-7-12(11)18-3/h4-7,10H,9H2,1-3H3,(H,15,17)/t10-/m0/s1. The van der Waals surface area contributed by atoms with Crippen LogP contribution in [0.4, 0.5) is 10.5 Å². The summed E-state index contributed by atoms with van der Waals surface area (Å²) in [6.07, 6.45) is 0. The zero-order chi connectivity index (χ0) is 13.5. The molecular formula is C13H17N3O2. The number of para-hydroxylation sites is 2. The first-order chi connectivity index (χ1) is 8.58. The Labute approximate surface area is 107 Å². The highest BCUT2D eigenvalue weighted by Gasteiger charge is 2.13. The van der Waals surface area contributed by atoms with Gasteiger partial charge in [0.05, 0.1) is 24.8 Å². The van der Waals surface area contributed by atoms with Crippen molar-refractivity contribution < 1.29 is 9.53 Å². The molecule has 5 heteroatoms. The molecule has 0 fully saturated rings. The molecule has 0 heterocycles. The number of hydrogen-bond donors (Lipinski definition) is 1. The van der Waals surface area contributed by atoms with Gasteiger partial charge in [-0.1, -0.05) is 12.1 Å². The van der Waals surface area contributed by atoms with E-state index in [1.807, 2.05) is 12.1 Å². The first-order valence-electron chi connectivity index (χ1n) is 5.63. The van der Waals surface area contributed by atoms with Gasteiger partial charge in [0.15, 0.2) is 0 Å². The van der Waals surface area contributed by atoms with Gasteiger partial charge >= 0.3 is 6.03 Å². The maximum absolute atomic E-state index is 11.9. The van der Waals surface area contributed by atoms with Gasteiger partial charge < -0.3 is 15.0 Å². The van der Waals surface area contributed by atoms with Crippen LogP contribution >= 0.6 is 0 Å². The summed E-state index contributed by atoms with van der Waals surface area (Å²) in [4.78, 5) is 13.4. The van der Waals surface area contributed by atoms with Crippen molar-refractivity contribution in [2.24, 2.45) is 5.92 Å². The first-order valence-corrected chi connectivity index (χ1v) is 5.63. The SMILES string of the molecule is COc1ccccc1NC(=O)N(C)C[C@@H](C)C#N. The van der Waals surface area contributed by atoms with Gasteiger partial charge in [-0.15, -0.1) is 0 Å². The van der Waals surface area contributed by atoms with Crippen molar-refractivity contribution in [3.05, 3.63) is 24.3 Å². The number of anilines is 1. The number of amides is 2. The Kier molecular flexibility index (Phi) is 5.00. The van der Waals surface area contributed by atoms with Crippen LogP contribution in [0, 0.1) is 17.2 Å². The van der Waals surface area contributed by atoms with Crippen molar-refractivity contribution in [1.82, 2.24) is 4.90 Å². The highest BCUT2D eigenvalue weighted by Crippen LogP contribution is 2.23. The van der Waals surface area contributed by atoms with Gasteiger partial charge in [-0.3, -0.25) is 0 Å². The number of carbonyl (C=O) groups excluding carboxylic acids is 1. The van der Waals surface area contributed by atoms with Crippen LogP contribution in [0.1, 0.15) is 6.92 Å². The molecule has 1 N–H and O–H groups in total. The number of methoxy groups -OCH3 is 1. The van der Waals surface area contributed by atoms with Crippen LogP contribution in [0.25, 0.3) is 0 Å². The van der Waals surface area contributed by atoms with E-state index in [1.165, 1.54) is 4.90 Å². The third-order valence-corrected chi connectivity index (χ3v) is 2.46. The molecule has 1 aromatic rings. The Morgan fingerprint density at radius 2 is 2.22 bits per heavy atom. The Bertz CT molecular complexity index is 454. The van der Waals surface area contributed by atoms with Gasteiger partial charge in [-0.2, -0.15) is 5.26 Å². The fourth-order valence-corrected chi connectivity index (χ4v) is 1.49. The highest BCUT2D eigenvalue weighted by atomic mass is 16.5. The molecule has 0 saturated carbocycles. The predicted molar refractivity (Wildman–Crippen MR) is 69.4 cm³/mol. The summed E-state index contributed by atoms with van der Waals surface area (Å²) in [5.41, 5.74) is 0.612. The lowest BCUT2D eigenvalue weighted by Gasteiger charge is -2.19. The maximum Gasteiger partial charge on any atom is 0.321 e. The van der Waals surface area contributed by atoms with E-state index in [4.69, 9.17) is 10.00 Å². The number of benzene rings is 1. The monoisotopic (exact) mass is 247 g/mol. The van der Waals surface area contributed by atoms with Gasteiger partial charge in [0.1, 0.15) is 5.75 Å². The molecule has 0 aliphatic heterocycles. The third kappa shape index (κ3) is 3.67. The summed E-state index contributed by atoms with van der Waals surface area (Å²) in [5.74, 6) is 0.408. The quantitative estimate of drug-likeness (QED) is 0.888. The van der Waals surface area contributed by atoms with Crippen LogP contribution < -0.4 is 10.1 Å². The van der Waals surface area contributed by atoms with Crippen molar-refractivity contribution in [3.63, 3.8) is 0 Å². The molecule has 0 aliphatic rings. The van der Waals surface area contributed by atoms with Crippen LogP contribution in [0.3, 0.4) is 0 Å². The molecule has 0 saturated heterocycles. The van der Waals surface area contributed by atoms with E-state index in [0.29, 0.717) is 18.0 Å². The van der Waals surface area contributed by atoms with Gasteiger partial charge in [-0.25, -0.2) is 4.79 Å². The van der Waals surface area contributed by atoms with Crippen molar-refractivity contribution in [2.75, 3.05) is 26.0 Å². The topological polar surface area (TPSA) is 65.4 Å². The Balaban J connectivity index is 2.67. The van der Waals surface area contributed by atoms with Crippen LogP contribution in [-0.2, 0) is 0 Å². The first kappa shape index (κ1) is 13.8. The van der Waals surface area contributed by atoms with Crippen LogP contribution in [-0.4, -0.2) is 31.6 Å². The lowest BCUT2D eigenvalue weighted by molar-refractivity contribution is 0.219. The summed E-state index contributed by atoms with van der Waals surface area (Å²) in [7, 11) is 3.20. The van der Waals surface area contributed by atoms with Gasteiger partial charge in [0.25, 0.3) is 0 Å². The van der Waals surface area contributed by atoms with E-state index in [0.717, 1.165) is 0 Å². The average molecular weight is 247 g/mol. The lowest BCUT2D eigenvalue weighted by Crippen LogP contribution is -2.34. The second-order valence-electron chi connectivity index (χ2n) is 4.04. The molecule has 0 aliphatic carbocycles. The maximum atomic E-state index is 11.9. The summed E-state index contributed by atoms with van der Waals surface area (Å²) in [6, 6.07) is 9.01. The van der Waals surface area contributed by atoms with Crippen molar-refractivity contribution in [1.29, 1.82) is 5.26 Å². The van der Waals surface area contributed by atoms with Crippen LogP contribution in [0.2, 0.25) is 0 Å². The smallest absolute Gasteiger partial charge is 0.321 e. The largest absolute Gasteiger partial charge is 0.495 e. The third-order valence-electron chi connectivity index (χ3n) is 2.46. The fourth-order valence-electron chi connectivity index (χ4n) is 1.49. The van der Waals surface area contributed by atoms with Crippen LogP contribution in [0.5, 0.6) is 5.75 Å². The molecule has 0 spiro atoms. The molecule has 0 unspecified atom stereocenters. The Hall–Kier alpha value is -2.22. The molecule has 1 rings (SSSR count). The minimum Gasteiger partial charge on any atom is -0.495 e. The van der Waals surface area contributed by atoms with E-state index in [2.05, 4.69) is 11.4 Å². The van der Waals surface area contributed by atoms with Crippen molar-refractivity contribution >= 4 is 11.7 Å². The molecule has 1 aromatic carbocycles.